The van der Waals surface area contributed by atoms with Gasteiger partial charge in [-0.25, -0.2) is 0 Å². The molecule has 2 amide bonds. The standard InChI is InChI=1S/C22H30N2O2/c1-5-6-13-24(4)22(26)21(16(2)3)23-20(25)15-17-11-12-18-9-7-8-10-19(18)14-17/h7-12,14,16,21H,5-6,13,15H2,1-4H3,(H,23,25)/t21-/m0/s1. The van der Waals surface area contributed by atoms with Crippen molar-refractivity contribution in [2.75, 3.05) is 13.6 Å². The van der Waals surface area contributed by atoms with E-state index in [9.17, 15) is 9.59 Å². The number of nitrogens with zero attached hydrogens (tertiary/aromatic N) is 1. The quantitative estimate of drug-likeness (QED) is 0.784. The Morgan fingerprint density at radius 1 is 1.08 bits per heavy atom. The summed E-state index contributed by atoms with van der Waals surface area (Å²) in [6, 6.07) is 13.6. The van der Waals surface area contributed by atoms with Gasteiger partial charge >= 0.3 is 0 Å². The van der Waals surface area contributed by atoms with Crippen molar-refractivity contribution in [3.05, 3.63) is 48.0 Å². The highest BCUT2D eigenvalue weighted by molar-refractivity contribution is 5.89. The van der Waals surface area contributed by atoms with Crippen LogP contribution in [-0.2, 0) is 16.0 Å². The zero-order chi connectivity index (χ0) is 19.1. The molecule has 2 aromatic rings. The number of rotatable bonds is 8. The van der Waals surface area contributed by atoms with E-state index in [1.807, 2.05) is 57.3 Å². The number of benzene rings is 2. The number of fused-ring (bicyclic) bond motifs is 1. The van der Waals surface area contributed by atoms with Crippen LogP contribution >= 0.6 is 0 Å². The van der Waals surface area contributed by atoms with Gasteiger partial charge in [-0.15, -0.1) is 0 Å². The SMILES string of the molecule is CCCCN(C)C(=O)[C@@H](NC(=O)Cc1ccc2ccccc2c1)C(C)C. The molecule has 4 heteroatoms. The number of unbranched alkanes of at least 4 members (excludes halogenated alkanes) is 1. The third kappa shape index (κ3) is 5.32. The molecule has 2 rings (SSSR count). The predicted molar refractivity (Wildman–Crippen MR) is 107 cm³/mol. The van der Waals surface area contributed by atoms with E-state index < -0.39 is 6.04 Å². The van der Waals surface area contributed by atoms with Crippen LogP contribution in [0.25, 0.3) is 10.8 Å². The van der Waals surface area contributed by atoms with Crippen molar-refractivity contribution in [3.8, 4) is 0 Å². The molecule has 0 aliphatic rings. The van der Waals surface area contributed by atoms with Gasteiger partial charge < -0.3 is 10.2 Å². The maximum Gasteiger partial charge on any atom is 0.245 e. The molecule has 0 saturated heterocycles. The lowest BCUT2D eigenvalue weighted by molar-refractivity contribution is -0.136. The van der Waals surface area contributed by atoms with E-state index in [0.29, 0.717) is 0 Å². The van der Waals surface area contributed by atoms with Gasteiger partial charge in [0, 0.05) is 13.6 Å². The van der Waals surface area contributed by atoms with E-state index in [-0.39, 0.29) is 24.2 Å². The van der Waals surface area contributed by atoms with Crippen molar-refractivity contribution < 1.29 is 9.59 Å². The molecule has 0 heterocycles. The average Bonchev–Trinajstić information content (AvgIpc) is 2.63. The Morgan fingerprint density at radius 2 is 1.77 bits per heavy atom. The summed E-state index contributed by atoms with van der Waals surface area (Å²) >= 11 is 0. The second-order valence-corrected chi connectivity index (χ2v) is 7.26. The molecule has 140 valence electrons. The zero-order valence-corrected chi connectivity index (χ0v) is 16.3. The van der Waals surface area contributed by atoms with Gasteiger partial charge in [-0.2, -0.15) is 0 Å². The first kappa shape index (κ1) is 20.0. The molecule has 1 N–H and O–H groups in total. The number of likely N-dealkylation sites (N-methyl/N-ethyl adjacent to an activating group) is 1. The Kier molecular flexibility index (Phi) is 7.19. The molecular weight excluding hydrogens is 324 g/mol. The third-order valence-corrected chi connectivity index (χ3v) is 4.65. The minimum Gasteiger partial charge on any atom is -0.344 e. The van der Waals surface area contributed by atoms with Gasteiger partial charge in [0.1, 0.15) is 6.04 Å². The highest BCUT2D eigenvalue weighted by Gasteiger charge is 2.26. The second kappa shape index (κ2) is 9.37. The monoisotopic (exact) mass is 354 g/mol. The van der Waals surface area contributed by atoms with E-state index in [4.69, 9.17) is 0 Å². The molecule has 4 nitrogen and oxygen atoms in total. The van der Waals surface area contributed by atoms with Crippen molar-refractivity contribution in [2.45, 2.75) is 46.1 Å². The molecule has 0 bridgehead atoms. The smallest absolute Gasteiger partial charge is 0.245 e. The number of carbonyl (C=O) groups excluding carboxylic acids is 2. The fourth-order valence-corrected chi connectivity index (χ4v) is 3.02. The highest BCUT2D eigenvalue weighted by atomic mass is 16.2. The molecule has 0 aliphatic heterocycles. The molecule has 0 fully saturated rings. The Balaban J connectivity index is 2.03. The molecule has 0 aliphatic carbocycles. The van der Waals surface area contributed by atoms with E-state index in [0.717, 1.165) is 35.7 Å². The van der Waals surface area contributed by atoms with Gasteiger partial charge in [0.25, 0.3) is 0 Å². The van der Waals surface area contributed by atoms with Crippen molar-refractivity contribution >= 4 is 22.6 Å². The maximum absolute atomic E-state index is 12.7. The average molecular weight is 354 g/mol. The first-order valence-corrected chi connectivity index (χ1v) is 9.44. The van der Waals surface area contributed by atoms with Gasteiger partial charge in [-0.1, -0.05) is 69.7 Å². The summed E-state index contributed by atoms with van der Waals surface area (Å²) in [5.41, 5.74) is 0.954. The molecule has 1 atom stereocenters. The van der Waals surface area contributed by atoms with Gasteiger partial charge in [0.2, 0.25) is 11.8 Å². The van der Waals surface area contributed by atoms with Crippen LogP contribution in [0.15, 0.2) is 42.5 Å². The summed E-state index contributed by atoms with van der Waals surface area (Å²) in [5, 5.41) is 5.22. The van der Waals surface area contributed by atoms with Crippen LogP contribution in [0.4, 0.5) is 0 Å². The lowest BCUT2D eigenvalue weighted by Gasteiger charge is -2.27. The highest BCUT2D eigenvalue weighted by Crippen LogP contribution is 2.16. The fraction of sp³-hybridized carbons (Fsp3) is 0.455. The lowest BCUT2D eigenvalue weighted by atomic mass is 10.0. The predicted octanol–water partition coefficient (Wildman–Crippen LogP) is 3.78. The molecule has 2 aromatic carbocycles. The van der Waals surface area contributed by atoms with E-state index in [2.05, 4.69) is 18.3 Å². The maximum atomic E-state index is 12.7. The summed E-state index contributed by atoms with van der Waals surface area (Å²) in [4.78, 5) is 26.9. The number of hydrogen-bond donors (Lipinski definition) is 1. The minimum atomic E-state index is -0.482. The zero-order valence-electron chi connectivity index (χ0n) is 16.3. The van der Waals surface area contributed by atoms with Crippen LogP contribution < -0.4 is 5.32 Å². The molecule has 0 aromatic heterocycles. The topological polar surface area (TPSA) is 49.4 Å². The first-order chi connectivity index (χ1) is 12.4. The first-order valence-electron chi connectivity index (χ1n) is 9.44. The van der Waals surface area contributed by atoms with Gasteiger partial charge in [0.15, 0.2) is 0 Å². The summed E-state index contributed by atoms with van der Waals surface area (Å²) in [6.07, 6.45) is 2.29. The van der Waals surface area contributed by atoms with Crippen molar-refractivity contribution in [1.29, 1.82) is 0 Å². The van der Waals surface area contributed by atoms with E-state index in [1.165, 1.54) is 0 Å². The molecule has 0 radical (unpaired) electrons. The summed E-state index contributed by atoms with van der Waals surface area (Å²) in [7, 11) is 1.81. The van der Waals surface area contributed by atoms with Crippen LogP contribution in [0, 0.1) is 5.92 Å². The molecule has 0 spiro atoms. The number of hydrogen-bond acceptors (Lipinski definition) is 2. The number of amides is 2. The Morgan fingerprint density at radius 3 is 2.42 bits per heavy atom. The lowest BCUT2D eigenvalue weighted by Crippen LogP contribution is -2.50. The Bertz CT molecular complexity index is 755. The van der Waals surface area contributed by atoms with Crippen molar-refractivity contribution in [1.82, 2.24) is 10.2 Å². The third-order valence-electron chi connectivity index (χ3n) is 4.65. The van der Waals surface area contributed by atoms with Crippen molar-refractivity contribution in [2.24, 2.45) is 5.92 Å². The van der Waals surface area contributed by atoms with Gasteiger partial charge in [-0.3, -0.25) is 9.59 Å². The number of carbonyl (C=O) groups is 2. The van der Waals surface area contributed by atoms with Crippen molar-refractivity contribution in [3.63, 3.8) is 0 Å². The Labute approximate surface area is 156 Å². The molecular formula is C22H30N2O2. The summed E-state index contributed by atoms with van der Waals surface area (Å²) in [6.45, 7) is 6.75. The summed E-state index contributed by atoms with van der Waals surface area (Å²) in [5.74, 6) is -0.0799. The summed E-state index contributed by atoms with van der Waals surface area (Å²) < 4.78 is 0. The van der Waals surface area contributed by atoms with Gasteiger partial charge in [0.05, 0.1) is 6.42 Å². The molecule has 26 heavy (non-hydrogen) atoms. The van der Waals surface area contributed by atoms with Crippen LogP contribution in [-0.4, -0.2) is 36.3 Å². The van der Waals surface area contributed by atoms with E-state index in [1.54, 1.807) is 4.90 Å². The number of nitrogens with one attached hydrogen (secondary N) is 1. The van der Waals surface area contributed by atoms with Crippen LogP contribution in [0.3, 0.4) is 0 Å². The van der Waals surface area contributed by atoms with Crippen LogP contribution in [0.2, 0.25) is 0 Å². The molecule has 0 saturated carbocycles. The Hall–Kier alpha value is -2.36. The van der Waals surface area contributed by atoms with Gasteiger partial charge in [-0.05, 0) is 28.7 Å². The minimum absolute atomic E-state index is 0.0136. The second-order valence-electron chi connectivity index (χ2n) is 7.26. The van der Waals surface area contributed by atoms with Crippen LogP contribution in [0.1, 0.15) is 39.2 Å². The normalized spacial score (nSPS) is 12.2. The largest absolute Gasteiger partial charge is 0.344 e. The fourth-order valence-electron chi connectivity index (χ4n) is 3.02. The van der Waals surface area contributed by atoms with Crippen LogP contribution in [0.5, 0.6) is 0 Å². The molecule has 0 unspecified atom stereocenters. The van der Waals surface area contributed by atoms with E-state index >= 15 is 0 Å².